The zero-order chi connectivity index (χ0) is 15.4. The number of nitrogens with zero attached hydrogens (tertiary/aromatic N) is 1. The van der Waals surface area contributed by atoms with Crippen molar-refractivity contribution in [1.82, 2.24) is 4.90 Å². The van der Waals surface area contributed by atoms with Gasteiger partial charge in [-0.15, -0.1) is 0 Å². The fraction of sp³-hybridized carbons (Fsp3) is 0.294. The zero-order valence-electron chi connectivity index (χ0n) is 12.3. The molecule has 0 spiro atoms. The maximum Gasteiger partial charge on any atom is 0.0508 e. The van der Waals surface area contributed by atoms with Crippen molar-refractivity contribution in [3.05, 3.63) is 68.6 Å². The molecule has 0 aromatic heterocycles. The maximum absolute atomic E-state index is 6.25. The summed E-state index contributed by atoms with van der Waals surface area (Å²) < 4.78 is 2.21. The Hall–Kier alpha value is -0.680. The summed E-state index contributed by atoms with van der Waals surface area (Å²) in [5.41, 5.74) is 8.75. The highest BCUT2D eigenvalue weighted by atomic mass is 79.9. The second-order valence-electron chi connectivity index (χ2n) is 5.37. The van der Waals surface area contributed by atoms with Crippen LogP contribution in [0.25, 0.3) is 0 Å². The van der Waals surface area contributed by atoms with Crippen molar-refractivity contribution in [2.75, 3.05) is 7.05 Å². The van der Waals surface area contributed by atoms with Crippen molar-refractivity contribution in [3.8, 4) is 0 Å². The van der Waals surface area contributed by atoms with E-state index in [2.05, 4.69) is 87.1 Å². The molecule has 21 heavy (non-hydrogen) atoms. The first-order valence-electron chi connectivity index (χ1n) is 6.93. The molecule has 2 rings (SSSR count). The molecule has 0 heterocycles. The third-order valence-corrected chi connectivity index (χ3v) is 4.73. The number of benzene rings is 2. The fourth-order valence-corrected chi connectivity index (χ4v) is 3.62. The summed E-state index contributed by atoms with van der Waals surface area (Å²) in [6.45, 7) is 2.91. The minimum absolute atomic E-state index is 0.0425. The molecule has 2 N–H and O–H groups in total. The van der Waals surface area contributed by atoms with Gasteiger partial charge in [0.2, 0.25) is 0 Å². The second kappa shape index (κ2) is 7.54. The molecule has 0 bridgehead atoms. The van der Waals surface area contributed by atoms with Gasteiger partial charge in [-0.3, -0.25) is 4.90 Å². The van der Waals surface area contributed by atoms with E-state index >= 15 is 0 Å². The first kappa shape index (κ1) is 16.7. The van der Waals surface area contributed by atoms with E-state index in [0.29, 0.717) is 0 Å². The summed E-state index contributed by atoms with van der Waals surface area (Å²) in [4.78, 5) is 2.30. The van der Waals surface area contributed by atoms with Crippen LogP contribution in [0.15, 0.2) is 57.5 Å². The molecule has 0 radical (unpaired) electrons. The van der Waals surface area contributed by atoms with Gasteiger partial charge in [0.05, 0.1) is 6.04 Å². The van der Waals surface area contributed by atoms with Crippen LogP contribution < -0.4 is 5.73 Å². The van der Waals surface area contributed by atoms with E-state index in [1.807, 2.05) is 12.1 Å². The molecule has 112 valence electrons. The lowest BCUT2D eigenvalue weighted by atomic mass is 9.99. The number of nitrogens with two attached hydrogens (primary N) is 1. The summed E-state index contributed by atoms with van der Waals surface area (Å²) in [5, 5.41) is 0. The van der Waals surface area contributed by atoms with E-state index in [1.54, 1.807) is 0 Å². The lowest BCUT2D eigenvalue weighted by Crippen LogP contribution is -2.37. The van der Waals surface area contributed by atoms with E-state index in [-0.39, 0.29) is 12.1 Å². The molecule has 2 unspecified atom stereocenters. The number of hydrogen-bond donors (Lipinski definition) is 1. The monoisotopic (exact) mass is 410 g/mol. The summed E-state index contributed by atoms with van der Waals surface area (Å²) in [6.07, 6.45) is 0. The van der Waals surface area contributed by atoms with E-state index in [4.69, 9.17) is 5.73 Å². The quantitative estimate of drug-likeness (QED) is 0.770. The molecule has 0 fully saturated rings. The SMILES string of the molecule is CC(N)C(c1ccccc1Br)N(C)Cc1cccc(Br)c1. The Morgan fingerprint density at radius 2 is 1.81 bits per heavy atom. The summed E-state index contributed by atoms with van der Waals surface area (Å²) in [7, 11) is 2.12. The predicted octanol–water partition coefficient (Wildman–Crippen LogP) is 4.73. The molecule has 0 saturated heterocycles. The smallest absolute Gasteiger partial charge is 0.0508 e. The van der Waals surface area contributed by atoms with Crippen LogP contribution in [0.4, 0.5) is 0 Å². The number of halogens is 2. The number of rotatable bonds is 5. The van der Waals surface area contributed by atoms with Gasteiger partial charge in [0, 0.05) is 21.5 Å². The third kappa shape index (κ3) is 4.39. The topological polar surface area (TPSA) is 29.3 Å². The Morgan fingerprint density at radius 3 is 2.43 bits per heavy atom. The normalized spacial score (nSPS) is 14.2. The highest BCUT2D eigenvalue weighted by molar-refractivity contribution is 9.10. The largest absolute Gasteiger partial charge is 0.326 e. The average Bonchev–Trinajstić information content (AvgIpc) is 2.41. The zero-order valence-corrected chi connectivity index (χ0v) is 15.4. The van der Waals surface area contributed by atoms with Gasteiger partial charge in [-0.25, -0.2) is 0 Å². The van der Waals surface area contributed by atoms with Crippen molar-refractivity contribution in [3.63, 3.8) is 0 Å². The molecule has 0 aliphatic heterocycles. The molecule has 2 atom stereocenters. The summed E-state index contributed by atoms with van der Waals surface area (Å²) in [5.74, 6) is 0. The van der Waals surface area contributed by atoms with Crippen LogP contribution in [0, 0.1) is 0 Å². The predicted molar refractivity (Wildman–Crippen MR) is 96.1 cm³/mol. The number of likely N-dealkylation sites (N-methyl/N-ethyl adjacent to an activating group) is 1. The van der Waals surface area contributed by atoms with Gasteiger partial charge < -0.3 is 5.73 Å². The minimum Gasteiger partial charge on any atom is -0.326 e. The molecule has 4 heteroatoms. The number of hydrogen-bond acceptors (Lipinski definition) is 2. The van der Waals surface area contributed by atoms with Crippen LogP contribution in [0.2, 0.25) is 0 Å². The van der Waals surface area contributed by atoms with Gasteiger partial charge in [-0.05, 0) is 43.3 Å². The van der Waals surface area contributed by atoms with Crippen molar-refractivity contribution < 1.29 is 0 Å². The van der Waals surface area contributed by atoms with E-state index in [9.17, 15) is 0 Å². The Bertz CT molecular complexity index is 599. The Labute approximate surface area is 143 Å². The van der Waals surface area contributed by atoms with Crippen molar-refractivity contribution in [2.45, 2.75) is 25.6 Å². The lowest BCUT2D eigenvalue weighted by molar-refractivity contribution is 0.210. The van der Waals surface area contributed by atoms with E-state index in [0.717, 1.165) is 15.5 Å². The molecule has 2 aromatic rings. The van der Waals surface area contributed by atoms with Gasteiger partial charge in [-0.2, -0.15) is 0 Å². The van der Waals surface area contributed by atoms with Gasteiger partial charge in [-0.1, -0.05) is 62.2 Å². The first-order valence-corrected chi connectivity index (χ1v) is 8.52. The first-order chi connectivity index (χ1) is 9.99. The van der Waals surface area contributed by atoms with E-state index < -0.39 is 0 Å². The van der Waals surface area contributed by atoms with Gasteiger partial charge in [0.15, 0.2) is 0 Å². The van der Waals surface area contributed by atoms with Gasteiger partial charge >= 0.3 is 0 Å². The molecular formula is C17H20Br2N2. The second-order valence-corrected chi connectivity index (χ2v) is 7.14. The van der Waals surface area contributed by atoms with E-state index in [1.165, 1.54) is 11.1 Å². The standard InChI is InChI=1S/C17H20Br2N2/c1-12(20)17(15-8-3-4-9-16(15)19)21(2)11-13-6-5-7-14(18)10-13/h3-10,12,17H,11,20H2,1-2H3. The molecule has 0 aliphatic rings. The van der Waals surface area contributed by atoms with Gasteiger partial charge in [0.1, 0.15) is 0 Å². The van der Waals surface area contributed by atoms with Gasteiger partial charge in [0.25, 0.3) is 0 Å². The Balaban J connectivity index is 2.24. The van der Waals surface area contributed by atoms with Crippen LogP contribution in [-0.2, 0) is 6.54 Å². The molecule has 2 nitrogen and oxygen atoms in total. The fourth-order valence-electron chi connectivity index (χ4n) is 2.66. The maximum atomic E-state index is 6.25. The molecule has 2 aromatic carbocycles. The Kier molecular flexibility index (Phi) is 5.99. The average molecular weight is 412 g/mol. The highest BCUT2D eigenvalue weighted by Gasteiger charge is 2.23. The molecule has 0 amide bonds. The van der Waals surface area contributed by atoms with Crippen molar-refractivity contribution >= 4 is 31.9 Å². The van der Waals surface area contributed by atoms with Crippen molar-refractivity contribution in [2.24, 2.45) is 5.73 Å². The van der Waals surface area contributed by atoms with Crippen molar-refractivity contribution in [1.29, 1.82) is 0 Å². The summed E-state index contributed by atoms with van der Waals surface area (Å²) >= 11 is 7.16. The highest BCUT2D eigenvalue weighted by Crippen LogP contribution is 2.30. The van der Waals surface area contributed by atoms with Crippen LogP contribution >= 0.6 is 31.9 Å². The van der Waals surface area contributed by atoms with Crippen LogP contribution in [0.3, 0.4) is 0 Å². The molecule has 0 aliphatic carbocycles. The molecular weight excluding hydrogens is 392 g/mol. The Morgan fingerprint density at radius 1 is 1.10 bits per heavy atom. The minimum atomic E-state index is 0.0425. The van der Waals surface area contributed by atoms with Crippen LogP contribution in [-0.4, -0.2) is 18.0 Å². The lowest BCUT2D eigenvalue weighted by Gasteiger charge is -2.32. The third-order valence-electron chi connectivity index (χ3n) is 3.52. The molecule has 0 saturated carbocycles. The summed E-state index contributed by atoms with van der Waals surface area (Å²) in [6, 6.07) is 16.9. The van der Waals surface area contributed by atoms with Crippen LogP contribution in [0.1, 0.15) is 24.1 Å². The van der Waals surface area contributed by atoms with Crippen LogP contribution in [0.5, 0.6) is 0 Å².